The molecule has 0 amide bonds. The van der Waals surface area contributed by atoms with Crippen LogP contribution < -0.4 is 19.8 Å². The molecule has 7 heteroatoms. The van der Waals surface area contributed by atoms with Crippen LogP contribution in [0, 0.1) is 6.92 Å². The Labute approximate surface area is 181 Å². The van der Waals surface area contributed by atoms with Crippen LogP contribution in [0.4, 0.5) is 0 Å². The van der Waals surface area contributed by atoms with E-state index in [-0.39, 0.29) is 24.3 Å². The number of carbonyl (C=O) groups excluding carboxylic acids is 1. The molecule has 3 aromatic rings. The van der Waals surface area contributed by atoms with Gasteiger partial charge in [-0.2, -0.15) is 5.10 Å². The third kappa shape index (κ3) is 5.31. The fourth-order valence-electron chi connectivity index (χ4n) is 3.46. The number of rotatable bonds is 9. The molecule has 0 unspecified atom stereocenters. The van der Waals surface area contributed by atoms with E-state index in [4.69, 9.17) is 14.2 Å². The molecule has 3 rings (SSSR count). The van der Waals surface area contributed by atoms with Crippen LogP contribution in [0.15, 0.2) is 53.3 Å². The van der Waals surface area contributed by atoms with E-state index in [9.17, 15) is 9.59 Å². The van der Waals surface area contributed by atoms with E-state index >= 15 is 0 Å². The number of hydrogen-bond donors (Lipinski definition) is 0. The Morgan fingerprint density at radius 2 is 1.61 bits per heavy atom. The third-order valence-electron chi connectivity index (χ3n) is 4.95. The maximum Gasteiger partial charge on any atom is 0.270 e. The van der Waals surface area contributed by atoms with Gasteiger partial charge in [-0.25, -0.2) is 4.68 Å². The van der Waals surface area contributed by atoms with E-state index in [1.807, 2.05) is 30.3 Å². The average Bonchev–Trinajstić information content (AvgIpc) is 2.77. The molecule has 0 saturated heterocycles. The van der Waals surface area contributed by atoms with Crippen LogP contribution in [-0.2, 0) is 24.2 Å². The second kappa shape index (κ2) is 9.93. The lowest BCUT2D eigenvalue weighted by Gasteiger charge is -2.14. The van der Waals surface area contributed by atoms with E-state index in [0.717, 1.165) is 16.9 Å². The summed E-state index contributed by atoms with van der Waals surface area (Å²) < 4.78 is 17.3. The molecule has 1 aromatic heterocycles. The SMILES string of the molecule is COc1ccc(CC(=O)Cn2nc(C)cc(Cc3c(OC)cccc3OC)c2=O)cc1. The summed E-state index contributed by atoms with van der Waals surface area (Å²) in [5, 5.41) is 4.27. The highest BCUT2D eigenvalue weighted by Gasteiger charge is 2.16. The monoisotopic (exact) mass is 422 g/mol. The molecule has 0 N–H and O–H groups in total. The first-order chi connectivity index (χ1) is 14.9. The number of aromatic nitrogens is 2. The standard InChI is InChI=1S/C24H26N2O5/c1-16-12-18(14-21-22(30-3)6-5-7-23(21)31-4)24(28)26(25-16)15-19(27)13-17-8-10-20(29-2)11-9-17/h5-12H,13-15H2,1-4H3. The number of nitrogens with zero attached hydrogens (tertiary/aromatic N) is 2. The molecule has 0 aliphatic carbocycles. The smallest absolute Gasteiger partial charge is 0.270 e. The van der Waals surface area contributed by atoms with Crippen molar-refractivity contribution in [3.05, 3.63) is 81.3 Å². The van der Waals surface area contributed by atoms with Crippen molar-refractivity contribution >= 4 is 5.78 Å². The molecule has 0 aliphatic rings. The number of aryl methyl sites for hydroxylation is 1. The topological polar surface area (TPSA) is 79.7 Å². The molecule has 0 radical (unpaired) electrons. The van der Waals surface area contributed by atoms with Crippen molar-refractivity contribution in [2.45, 2.75) is 26.3 Å². The lowest BCUT2D eigenvalue weighted by Crippen LogP contribution is -2.30. The van der Waals surface area contributed by atoms with Crippen LogP contribution in [0.2, 0.25) is 0 Å². The zero-order valence-corrected chi connectivity index (χ0v) is 18.2. The summed E-state index contributed by atoms with van der Waals surface area (Å²) in [6.07, 6.45) is 0.518. The fourth-order valence-corrected chi connectivity index (χ4v) is 3.46. The van der Waals surface area contributed by atoms with Crippen molar-refractivity contribution in [1.29, 1.82) is 0 Å². The third-order valence-corrected chi connectivity index (χ3v) is 4.95. The van der Waals surface area contributed by atoms with E-state index in [1.165, 1.54) is 4.68 Å². The van der Waals surface area contributed by atoms with Gasteiger partial charge in [0.25, 0.3) is 5.56 Å². The van der Waals surface area contributed by atoms with Crippen LogP contribution in [0.1, 0.15) is 22.4 Å². The zero-order valence-electron chi connectivity index (χ0n) is 18.2. The Kier molecular flexibility index (Phi) is 7.07. The van der Waals surface area contributed by atoms with Crippen molar-refractivity contribution in [3.8, 4) is 17.2 Å². The number of ketones is 1. The van der Waals surface area contributed by atoms with Crippen molar-refractivity contribution in [3.63, 3.8) is 0 Å². The molecular formula is C24H26N2O5. The number of benzene rings is 2. The van der Waals surface area contributed by atoms with E-state index in [1.54, 1.807) is 46.5 Å². The van der Waals surface area contributed by atoms with Gasteiger partial charge in [0.1, 0.15) is 23.8 Å². The molecular weight excluding hydrogens is 396 g/mol. The number of carbonyl (C=O) groups is 1. The Hall–Kier alpha value is -3.61. The summed E-state index contributed by atoms with van der Waals surface area (Å²) >= 11 is 0. The minimum atomic E-state index is -0.304. The summed E-state index contributed by atoms with van der Waals surface area (Å²) in [5.41, 5.74) is 2.49. The van der Waals surface area contributed by atoms with E-state index < -0.39 is 0 Å². The van der Waals surface area contributed by atoms with Crippen molar-refractivity contribution in [2.24, 2.45) is 0 Å². The van der Waals surface area contributed by atoms with Gasteiger partial charge in [0, 0.05) is 24.0 Å². The van der Waals surface area contributed by atoms with Crippen LogP contribution in [0.3, 0.4) is 0 Å². The Bertz CT molecular complexity index is 1100. The molecule has 31 heavy (non-hydrogen) atoms. The lowest BCUT2D eigenvalue weighted by molar-refractivity contribution is -0.119. The lowest BCUT2D eigenvalue weighted by atomic mass is 10.0. The predicted molar refractivity (Wildman–Crippen MR) is 117 cm³/mol. The number of hydrogen-bond acceptors (Lipinski definition) is 6. The summed E-state index contributed by atoms with van der Waals surface area (Å²) in [6.45, 7) is 1.70. The summed E-state index contributed by atoms with van der Waals surface area (Å²) in [7, 11) is 4.74. The molecule has 2 aromatic carbocycles. The molecule has 0 atom stereocenters. The highest BCUT2D eigenvalue weighted by molar-refractivity contribution is 5.80. The van der Waals surface area contributed by atoms with Crippen LogP contribution in [0.25, 0.3) is 0 Å². The number of Topliss-reactive ketones (excluding diaryl/α,β-unsaturated/α-hetero) is 1. The Morgan fingerprint density at radius 3 is 2.19 bits per heavy atom. The molecule has 162 valence electrons. The van der Waals surface area contributed by atoms with Gasteiger partial charge in [-0.1, -0.05) is 18.2 Å². The Balaban J connectivity index is 1.84. The van der Waals surface area contributed by atoms with Crippen LogP contribution in [-0.4, -0.2) is 36.9 Å². The first kappa shape index (κ1) is 22.1. The Morgan fingerprint density at radius 1 is 0.968 bits per heavy atom. The molecule has 0 aliphatic heterocycles. The van der Waals surface area contributed by atoms with Crippen molar-refractivity contribution in [2.75, 3.05) is 21.3 Å². The van der Waals surface area contributed by atoms with Crippen molar-refractivity contribution < 1.29 is 19.0 Å². The average molecular weight is 422 g/mol. The van der Waals surface area contributed by atoms with Gasteiger partial charge < -0.3 is 14.2 Å². The maximum absolute atomic E-state index is 13.0. The highest BCUT2D eigenvalue weighted by atomic mass is 16.5. The zero-order chi connectivity index (χ0) is 22.4. The van der Waals surface area contributed by atoms with Gasteiger partial charge in [-0.3, -0.25) is 9.59 Å². The molecule has 0 fully saturated rings. The minimum absolute atomic E-state index is 0.0946. The first-order valence-electron chi connectivity index (χ1n) is 9.87. The number of methoxy groups -OCH3 is 3. The van der Waals surface area contributed by atoms with Gasteiger partial charge in [0.2, 0.25) is 0 Å². The minimum Gasteiger partial charge on any atom is -0.497 e. The second-order valence-corrected chi connectivity index (χ2v) is 7.16. The molecule has 0 bridgehead atoms. The van der Waals surface area contributed by atoms with E-state index in [2.05, 4.69) is 5.10 Å². The fraction of sp³-hybridized carbons (Fsp3) is 0.292. The molecule has 1 heterocycles. The predicted octanol–water partition coefficient (Wildman–Crippen LogP) is 2.98. The van der Waals surface area contributed by atoms with Gasteiger partial charge in [-0.15, -0.1) is 0 Å². The van der Waals surface area contributed by atoms with E-state index in [0.29, 0.717) is 29.2 Å². The molecule has 0 saturated carbocycles. The number of ether oxygens (including phenoxy) is 3. The summed E-state index contributed by atoms with van der Waals surface area (Å²) in [6, 6.07) is 14.5. The molecule has 0 spiro atoms. The first-order valence-corrected chi connectivity index (χ1v) is 9.87. The largest absolute Gasteiger partial charge is 0.497 e. The highest BCUT2D eigenvalue weighted by Crippen LogP contribution is 2.30. The van der Waals surface area contributed by atoms with Gasteiger partial charge >= 0.3 is 0 Å². The normalized spacial score (nSPS) is 10.6. The second-order valence-electron chi connectivity index (χ2n) is 7.16. The maximum atomic E-state index is 13.0. The van der Waals surface area contributed by atoms with Crippen LogP contribution >= 0.6 is 0 Å². The van der Waals surface area contributed by atoms with Crippen molar-refractivity contribution in [1.82, 2.24) is 9.78 Å². The summed E-state index contributed by atoms with van der Waals surface area (Å²) in [4.78, 5) is 25.6. The van der Waals surface area contributed by atoms with Crippen LogP contribution in [0.5, 0.6) is 17.2 Å². The van der Waals surface area contributed by atoms with Gasteiger partial charge in [0.15, 0.2) is 5.78 Å². The molecule has 7 nitrogen and oxygen atoms in total. The quantitative estimate of drug-likeness (QED) is 0.528. The summed E-state index contributed by atoms with van der Waals surface area (Å²) in [5.74, 6) is 1.89. The van der Waals surface area contributed by atoms with Gasteiger partial charge in [-0.05, 0) is 42.8 Å². The van der Waals surface area contributed by atoms with Gasteiger partial charge in [0.05, 0.1) is 27.0 Å².